The lowest BCUT2D eigenvalue weighted by molar-refractivity contribution is 0.417. The molecular weight excluding hydrogens is 224 g/mol. The molecular formula is C15H18N2O. The van der Waals surface area contributed by atoms with Gasteiger partial charge in [-0.2, -0.15) is 0 Å². The zero-order chi connectivity index (χ0) is 13.1. The molecule has 0 aliphatic carbocycles. The summed E-state index contributed by atoms with van der Waals surface area (Å²) < 4.78 is 5.24. The van der Waals surface area contributed by atoms with E-state index in [9.17, 15) is 0 Å². The number of methoxy groups -OCH3 is 1. The van der Waals surface area contributed by atoms with E-state index in [2.05, 4.69) is 13.0 Å². The highest BCUT2D eigenvalue weighted by atomic mass is 16.5. The van der Waals surface area contributed by atoms with Crippen LogP contribution in [-0.4, -0.2) is 7.11 Å². The number of anilines is 2. The van der Waals surface area contributed by atoms with E-state index in [0.29, 0.717) is 11.4 Å². The molecule has 0 bridgehead atoms. The fraction of sp³-hybridized carbons (Fsp3) is 0.200. The second-order valence-electron chi connectivity index (χ2n) is 4.22. The fourth-order valence-corrected chi connectivity index (χ4v) is 1.98. The molecule has 3 heteroatoms. The molecule has 0 radical (unpaired) electrons. The Morgan fingerprint density at radius 1 is 0.944 bits per heavy atom. The summed E-state index contributed by atoms with van der Waals surface area (Å²) >= 11 is 0. The molecule has 0 amide bonds. The van der Waals surface area contributed by atoms with E-state index in [-0.39, 0.29) is 0 Å². The number of hydrogen-bond donors (Lipinski definition) is 2. The van der Waals surface area contributed by atoms with Crippen molar-refractivity contribution in [2.75, 3.05) is 18.6 Å². The first kappa shape index (κ1) is 12.3. The van der Waals surface area contributed by atoms with E-state index in [4.69, 9.17) is 16.2 Å². The van der Waals surface area contributed by atoms with Crippen LogP contribution < -0.4 is 16.2 Å². The molecule has 2 aromatic rings. The van der Waals surface area contributed by atoms with Gasteiger partial charge in [-0.25, -0.2) is 0 Å². The maximum Gasteiger partial charge on any atom is 0.142 e. The van der Waals surface area contributed by atoms with E-state index < -0.39 is 0 Å². The van der Waals surface area contributed by atoms with E-state index in [1.165, 1.54) is 0 Å². The molecule has 2 aromatic carbocycles. The van der Waals surface area contributed by atoms with Gasteiger partial charge in [0, 0.05) is 5.69 Å². The third-order valence-corrected chi connectivity index (χ3v) is 3.09. The lowest BCUT2D eigenvalue weighted by Crippen LogP contribution is -1.95. The topological polar surface area (TPSA) is 61.3 Å². The van der Waals surface area contributed by atoms with Crippen LogP contribution in [0.3, 0.4) is 0 Å². The third-order valence-electron chi connectivity index (χ3n) is 3.09. The maximum absolute atomic E-state index is 5.91. The minimum atomic E-state index is 0.646. The third kappa shape index (κ3) is 2.25. The van der Waals surface area contributed by atoms with Crippen LogP contribution in [0.5, 0.6) is 5.75 Å². The predicted octanol–water partition coefficient (Wildman–Crippen LogP) is 3.09. The maximum atomic E-state index is 5.91. The fourth-order valence-electron chi connectivity index (χ4n) is 1.98. The highest BCUT2D eigenvalue weighted by Crippen LogP contribution is 2.30. The van der Waals surface area contributed by atoms with Gasteiger partial charge in [0.25, 0.3) is 0 Å². The van der Waals surface area contributed by atoms with Gasteiger partial charge < -0.3 is 16.2 Å². The predicted molar refractivity (Wildman–Crippen MR) is 76.6 cm³/mol. The molecule has 0 aliphatic rings. The molecule has 0 atom stereocenters. The molecule has 94 valence electrons. The van der Waals surface area contributed by atoms with Gasteiger partial charge in [-0.15, -0.1) is 0 Å². The van der Waals surface area contributed by atoms with Crippen LogP contribution in [0.15, 0.2) is 36.4 Å². The number of aryl methyl sites for hydroxylation is 1. The molecule has 18 heavy (non-hydrogen) atoms. The summed E-state index contributed by atoms with van der Waals surface area (Å²) in [4.78, 5) is 0. The zero-order valence-corrected chi connectivity index (χ0v) is 10.7. The largest absolute Gasteiger partial charge is 0.495 e. The molecule has 0 fully saturated rings. The quantitative estimate of drug-likeness (QED) is 0.813. The van der Waals surface area contributed by atoms with Crippen LogP contribution in [0.1, 0.15) is 12.5 Å². The summed E-state index contributed by atoms with van der Waals surface area (Å²) in [5.74, 6) is 0.697. The normalized spacial score (nSPS) is 10.3. The van der Waals surface area contributed by atoms with Gasteiger partial charge in [0.2, 0.25) is 0 Å². The Bertz CT molecular complexity index is 513. The van der Waals surface area contributed by atoms with Crippen LogP contribution in [0, 0.1) is 0 Å². The molecule has 0 unspecified atom stereocenters. The van der Waals surface area contributed by atoms with Gasteiger partial charge >= 0.3 is 0 Å². The molecule has 0 spiro atoms. The first-order valence-electron chi connectivity index (χ1n) is 5.98. The summed E-state index contributed by atoms with van der Waals surface area (Å²) in [5, 5.41) is 0. The summed E-state index contributed by atoms with van der Waals surface area (Å²) in [6.45, 7) is 2.10. The van der Waals surface area contributed by atoms with Crippen LogP contribution in [0.25, 0.3) is 11.1 Å². The second-order valence-corrected chi connectivity index (χ2v) is 4.22. The van der Waals surface area contributed by atoms with E-state index in [1.54, 1.807) is 7.11 Å². The summed E-state index contributed by atoms with van der Waals surface area (Å²) in [5.41, 5.74) is 16.6. The van der Waals surface area contributed by atoms with Gasteiger partial charge in [-0.05, 0) is 47.4 Å². The first-order chi connectivity index (χ1) is 8.65. The molecule has 0 aromatic heterocycles. The minimum absolute atomic E-state index is 0.646. The van der Waals surface area contributed by atoms with Crippen molar-refractivity contribution in [3.63, 3.8) is 0 Å². The number of benzene rings is 2. The monoisotopic (exact) mass is 242 g/mol. The average molecular weight is 242 g/mol. The van der Waals surface area contributed by atoms with Crippen molar-refractivity contribution in [1.29, 1.82) is 0 Å². The van der Waals surface area contributed by atoms with Gasteiger partial charge in [0.05, 0.1) is 12.8 Å². The van der Waals surface area contributed by atoms with Crippen molar-refractivity contribution in [2.45, 2.75) is 13.3 Å². The standard InChI is InChI=1S/C15H18N2O/c1-3-10-8-11(4-6-13(10)16)12-5-7-14(17)15(9-12)18-2/h4-9H,3,16-17H2,1-2H3. The Morgan fingerprint density at radius 2 is 1.56 bits per heavy atom. The molecule has 2 rings (SSSR count). The summed E-state index contributed by atoms with van der Waals surface area (Å²) in [7, 11) is 1.62. The van der Waals surface area contributed by atoms with Crippen LogP contribution in [0.4, 0.5) is 11.4 Å². The second kappa shape index (κ2) is 5.00. The van der Waals surface area contributed by atoms with Crippen molar-refractivity contribution in [2.24, 2.45) is 0 Å². The van der Waals surface area contributed by atoms with Crippen LogP contribution in [0.2, 0.25) is 0 Å². The van der Waals surface area contributed by atoms with Gasteiger partial charge in [-0.1, -0.05) is 19.1 Å². The van der Waals surface area contributed by atoms with E-state index in [1.807, 2.05) is 30.3 Å². The Kier molecular flexibility index (Phi) is 3.42. The Morgan fingerprint density at radius 3 is 2.17 bits per heavy atom. The Labute approximate surface area is 107 Å². The summed E-state index contributed by atoms with van der Waals surface area (Å²) in [6.07, 6.45) is 0.922. The van der Waals surface area contributed by atoms with E-state index in [0.717, 1.165) is 28.8 Å². The minimum Gasteiger partial charge on any atom is -0.495 e. The van der Waals surface area contributed by atoms with Gasteiger partial charge in [-0.3, -0.25) is 0 Å². The van der Waals surface area contributed by atoms with Gasteiger partial charge in [0.1, 0.15) is 5.75 Å². The lowest BCUT2D eigenvalue weighted by Gasteiger charge is -2.10. The molecule has 0 heterocycles. The van der Waals surface area contributed by atoms with Crippen molar-refractivity contribution < 1.29 is 4.74 Å². The number of nitrogens with two attached hydrogens (primary N) is 2. The highest BCUT2D eigenvalue weighted by Gasteiger charge is 2.05. The smallest absolute Gasteiger partial charge is 0.142 e. The van der Waals surface area contributed by atoms with Gasteiger partial charge in [0.15, 0.2) is 0 Å². The van der Waals surface area contributed by atoms with Crippen molar-refractivity contribution in [3.05, 3.63) is 42.0 Å². The summed E-state index contributed by atoms with van der Waals surface area (Å²) in [6, 6.07) is 11.9. The number of nitrogen functional groups attached to an aromatic ring is 2. The van der Waals surface area contributed by atoms with Crippen molar-refractivity contribution in [3.8, 4) is 16.9 Å². The SMILES string of the molecule is CCc1cc(-c2ccc(N)c(OC)c2)ccc1N. The molecule has 0 aliphatic heterocycles. The van der Waals surface area contributed by atoms with Crippen LogP contribution >= 0.6 is 0 Å². The first-order valence-corrected chi connectivity index (χ1v) is 5.98. The molecule has 4 N–H and O–H groups in total. The van der Waals surface area contributed by atoms with Crippen molar-refractivity contribution in [1.82, 2.24) is 0 Å². The number of ether oxygens (including phenoxy) is 1. The Hall–Kier alpha value is -2.16. The molecule has 0 saturated carbocycles. The number of rotatable bonds is 3. The molecule has 3 nitrogen and oxygen atoms in total. The highest BCUT2D eigenvalue weighted by molar-refractivity contribution is 5.72. The van der Waals surface area contributed by atoms with Crippen LogP contribution in [-0.2, 0) is 6.42 Å². The zero-order valence-electron chi connectivity index (χ0n) is 10.7. The van der Waals surface area contributed by atoms with E-state index >= 15 is 0 Å². The Balaban J connectivity index is 2.48. The average Bonchev–Trinajstić information content (AvgIpc) is 2.40. The van der Waals surface area contributed by atoms with Crippen molar-refractivity contribution >= 4 is 11.4 Å². The number of hydrogen-bond acceptors (Lipinski definition) is 3. The molecule has 0 saturated heterocycles. The lowest BCUT2D eigenvalue weighted by atomic mass is 10.0.